The lowest BCUT2D eigenvalue weighted by atomic mass is 9.84. The van der Waals surface area contributed by atoms with Crippen molar-refractivity contribution in [3.05, 3.63) is 108 Å². The van der Waals surface area contributed by atoms with Crippen LogP contribution in [-0.4, -0.2) is 62.6 Å². The highest BCUT2D eigenvalue weighted by atomic mass is 16.6. The van der Waals surface area contributed by atoms with E-state index in [9.17, 15) is 24.3 Å². The zero-order valence-electron chi connectivity index (χ0n) is 30.6. The molecule has 3 aromatic carbocycles. The standard InChI is InChI=1S/C39H46N6O8/c1-23(2)51-37(48)43-34-40-35(44-38(49)52-32(24(3)22-31(46)47)25(4)28-16-10-7-11-17-28)42-36(41-34)45-39(50)53-33(26(5)29-18-12-8-13-19-29)27(6)30-20-14-9-15-21-30/h7-21,23-27,32-33H,22H2,1-6H3,(H,46,47)(H3,40,41,42,43,44,45,48,49,50). The molecule has 0 aliphatic heterocycles. The third-order valence-corrected chi connectivity index (χ3v) is 8.62. The number of carboxylic acids is 1. The van der Waals surface area contributed by atoms with E-state index in [2.05, 4.69) is 30.9 Å². The molecule has 4 N–H and O–H groups in total. The van der Waals surface area contributed by atoms with Gasteiger partial charge in [-0.25, -0.2) is 14.4 Å². The fraction of sp³-hybridized carbons (Fsp3) is 0.359. The summed E-state index contributed by atoms with van der Waals surface area (Å²) in [5.41, 5.74) is 2.77. The van der Waals surface area contributed by atoms with Gasteiger partial charge in [0.1, 0.15) is 12.2 Å². The van der Waals surface area contributed by atoms with E-state index in [1.165, 1.54) is 0 Å². The Morgan fingerprint density at radius 2 is 0.849 bits per heavy atom. The molecule has 0 spiro atoms. The summed E-state index contributed by atoms with van der Waals surface area (Å²) in [6.07, 6.45) is -5.00. The Morgan fingerprint density at radius 1 is 0.528 bits per heavy atom. The Hall–Kier alpha value is -6.05. The molecule has 1 heterocycles. The first-order chi connectivity index (χ1) is 25.3. The molecule has 5 atom stereocenters. The minimum Gasteiger partial charge on any atom is -0.481 e. The fourth-order valence-electron chi connectivity index (χ4n) is 5.95. The van der Waals surface area contributed by atoms with Crippen LogP contribution in [0.3, 0.4) is 0 Å². The van der Waals surface area contributed by atoms with E-state index < -0.39 is 48.5 Å². The second kappa shape index (κ2) is 19.0. The van der Waals surface area contributed by atoms with Crippen molar-refractivity contribution in [1.82, 2.24) is 15.0 Å². The molecular formula is C39H46N6O8. The maximum atomic E-state index is 13.5. The number of amides is 3. The van der Waals surface area contributed by atoms with Crippen LogP contribution in [0.25, 0.3) is 0 Å². The van der Waals surface area contributed by atoms with Gasteiger partial charge in [-0.15, -0.1) is 0 Å². The Balaban J connectivity index is 1.59. The topological polar surface area (TPSA) is 191 Å². The third kappa shape index (κ3) is 12.0. The van der Waals surface area contributed by atoms with E-state index in [1.807, 2.05) is 112 Å². The van der Waals surface area contributed by atoms with Gasteiger partial charge in [0, 0.05) is 23.7 Å². The van der Waals surface area contributed by atoms with Crippen molar-refractivity contribution in [2.75, 3.05) is 16.0 Å². The van der Waals surface area contributed by atoms with Crippen molar-refractivity contribution in [2.24, 2.45) is 5.92 Å². The maximum absolute atomic E-state index is 13.5. The molecule has 4 rings (SSSR count). The predicted molar refractivity (Wildman–Crippen MR) is 199 cm³/mol. The summed E-state index contributed by atoms with van der Waals surface area (Å²) in [6, 6.07) is 28.5. The summed E-state index contributed by atoms with van der Waals surface area (Å²) in [6.45, 7) is 10.7. The highest BCUT2D eigenvalue weighted by molar-refractivity contribution is 5.87. The van der Waals surface area contributed by atoms with Gasteiger partial charge in [0.25, 0.3) is 0 Å². The van der Waals surface area contributed by atoms with E-state index in [-0.39, 0.29) is 42.0 Å². The van der Waals surface area contributed by atoms with Crippen LogP contribution < -0.4 is 16.0 Å². The van der Waals surface area contributed by atoms with Gasteiger partial charge in [-0.3, -0.25) is 20.7 Å². The monoisotopic (exact) mass is 726 g/mol. The van der Waals surface area contributed by atoms with E-state index in [0.717, 1.165) is 16.7 Å². The van der Waals surface area contributed by atoms with Crippen molar-refractivity contribution in [2.45, 2.75) is 84.0 Å². The number of aliphatic carboxylic acids is 1. The molecule has 4 aromatic rings. The number of carbonyl (C=O) groups excluding carboxylic acids is 3. The van der Waals surface area contributed by atoms with Crippen molar-refractivity contribution >= 4 is 42.1 Å². The molecule has 0 aliphatic rings. The maximum Gasteiger partial charge on any atom is 0.414 e. The first-order valence-electron chi connectivity index (χ1n) is 17.4. The summed E-state index contributed by atoms with van der Waals surface area (Å²) >= 11 is 0. The van der Waals surface area contributed by atoms with Crippen LogP contribution >= 0.6 is 0 Å². The van der Waals surface area contributed by atoms with E-state index in [1.54, 1.807) is 20.8 Å². The number of hydrogen-bond acceptors (Lipinski definition) is 10. The van der Waals surface area contributed by atoms with Crippen LogP contribution in [0, 0.1) is 5.92 Å². The number of nitrogens with zero attached hydrogens (tertiary/aromatic N) is 3. The number of hydrogen-bond donors (Lipinski definition) is 4. The smallest absolute Gasteiger partial charge is 0.414 e. The summed E-state index contributed by atoms with van der Waals surface area (Å²) in [5.74, 6) is -3.54. The Labute approximate surface area is 308 Å². The molecule has 0 saturated heterocycles. The molecule has 0 bridgehead atoms. The molecule has 3 amide bonds. The molecule has 53 heavy (non-hydrogen) atoms. The van der Waals surface area contributed by atoms with Gasteiger partial charge >= 0.3 is 24.2 Å². The average molecular weight is 727 g/mol. The van der Waals surface area contributed by atoms with Crippen LogP contribution in [-0.2, 0) is 19.0 Å². The van der Waals surface area contributed by atoms with Crippen molar-refractivity contribution in [1.29, 1.82) is 0 Å². The second-order valence-corrected chi connectivity index (χ2v) is 13.0. The molecule has 0 radical (unpaired) electrons. The summed E-state index contributed by atoms with van der Waals surface area (Å²) in [7, 11) is 0. The van der Waals surface area contributed by atoms with Gasteiger partial charge in [-0.1, -0.05) is 119 Å². The Bertz CT molecular complexity index is 1770. The lowest BCUT2D eigenvalue weighted by Gasteiger charge is -2.30. The predicted octanol–water partition coefficient (Wildman–Crippen LogP) is 8.18. The molecule has 0 saturated carbocycles. The SMILES string of the molecule is CC(C)OC(=O)Nc1nc(NC(=O)OC(C(C)CC(=O)O)C(C)c2ccccc2)nc(NC(=O)OC(C(C)c2ccccc2)C(C)c2ccccc2)n1. The van der Waals surface area contributed by atoms with Gasteiger partial charge in [0.05, 0.1) is 12.5 Å². The first kappa shape index (κ1) is 39.7. The number of anilines is 3. The molecule has 5 unspecified atom stereocenters. The third-order valence-electron chi connectivity index (χ3n) is 8.62. The molecule has 14 nitrogen and oxygen atoms in total. The van der Waals surface area contributed by atoms with Crippen LogP contribution in [0.1, 0.15) is 82.4 Å². The molecule has 1 aromatic heterocycles. The largest absolute Gasteiger partial charge is 0.481 e. The van der Waals surface area contributed by atoms with Gasteiger partial charge in [-0.2, -0.15) is 15.0 Å². The Morgan fingerprint density at radius 3 is 1.19 bits per heavy atom. The molecule has 0 aliphatic carbocycles. The van der Waals surface area contributed by atoms with E-state index in [0.29, 0.717) is 0 Å². The van der Waals surface area contributed by atoms with Crippen LogP contribution in [0.5, 0.6) is 0 Å². The van der Waals surface area contributed by atoms with Crippen molar-refractivity contribution in [3.63, 3.8) is 0 Å². The quantitative estimate of drug-likeness (QED) is 0.0864. The van der Waals surface area contributed by atoms with E-state index >= 15 is 0 Å². The van der Waals surface area contributed by atoms with Crippen LogP contribution in [0.2, 0.25) is 0 Å². The molecule has 14 heteroatoms. The number of carbonyl (C=O) groups is 4. The summed E-state index contributed by atoms with van der Waals surface area (Å²) in [4.78, 5) is 63.3. The molecule has 0 fully saturated rings. The van der Waals surface area contributed by atoms with Gasteiger partial charge in [-0.05, 0) is 30.5 Å². The number of carboxylic acid groups (broad SMARTS) is 1. The number of ether oxygens (including phenoxy) is 3. The minimum absolute atomic E-state index is 0.222. The normalized spacial score (nSPS) is 14.4. The highest BCUT2D eigenvalue weighted by Crippen LogP contribution is 2.33. The van der Waals surface area contributed by atoms with Gasteiger partial charge in [0.2, 0.25) is 17.8 Å². The lowest BCUT2D eigenvalue weighted by Crippen LogP contribution is -2.34. The summed E-state index contributed by atoms with van der Waals surface area (Å²) < 4.78 is 17.0. The Kier molecular flexibility index (Phi) is 14.2. The first-order valence-corrected chi connectivity index (χ1v) is 17.4. The number of benzene rings is 3. The molecular weight excluding hydrogens is 680 g/mol. The van der Waals surface area contributed by atoms with Crippen LogP contribution in [0.15, 0.2) is 91.0 Å². The lowest BCUT2D eigenvalue weighted by molar-refractivity contribution is -0.139. The van der Waals surface area contributed by atoms with Crippen molar-refractivity contribution in [3.8, 4) is 0 Å². The van der Waals surface area contributed by atoms with Gasteiger partial charge in [0.15, 0.2) is 0 Å². The van der Waals surface area contributed by atoms with Crippen LogP contribution in [0.4, 0.5) is 32.2 Å². The second-order valence-electron chi connectivity index (χ2n) is 13.0. The minimum atomic E-state index is -1.05. The zero-order chi connectivity index (χ0) is 38.5. The van der Waals surface area contributed by atoms with E-state index in [4.69, 9.17) is 14.2 Å². The number of aromatic nitrogens is 3. The average Bonchev–Trinajstić information content (AvgIpc) is 3.12. The fourth-order valence-corrected chi connectivity index (χ4v) is 5.95. The number of nitrogens with one attached hydrogen (secondary N) is 3. The highest BCUT2D eigenvalue weighted by Gasteiger charge is 2.32. The number of rotatable bonds is 15. The summed E-state index contributed by atoms with van der Waals surface area (Å²) in [5, 5.41) is 16.8. The van der Waals surface area contributed by atoms with Gasteiger partial charge < -0.3 is 19.3 Å². The zero-order valence-corrected chi connectivity index (χ0v) is 30.6. The molecule has 280 valence electrons. The van der Waals surface area contributed by atoms with Crippen molar-refractivity contribution < 1.29 is 38.5 Å².